The summed E-state index contributed by atoms with van der Waals surface area (Å²) in [5.41, 5.74) is 1.57. The van der Waals surface area contributed by atoms with Crippen molar-refractivity contribution in [2.75, 3.05) is 19.7 Å². The summed E-state index contributed by atoms with van der Waals surface area (Å²) in [4.78, 5) is 0. The summed E-state index contributed by atoms with van der Waals surface area (Å²) in [5, 5.41) is 3.28. The molecule has 17 heavy (non-hydrogen) atoms. The maximum Gasteiger partial charge on any atom is 0.119 e. The highest BCUT2D eigenvalue weighted by atomic mass is 16.5. The van der Waals surface area contributed by atoms with E-state index < -0.39 is 0 Å². The first-order chi connectivity index (χ1) is 8.05. The van der Waals surface area contributed by atoms with Gasteiger partial charge in [0.1, 0.15) is 5.75 Å². The van der Waals surface area contributed by atoms with Gasteiger partial charge in [-0.3, -0.25) is 0 Å². The molecule has 1 aliphatic rings. The van der Waals surface area contributed by atoms with Gasteiger partial charge < -0.3 is 10.1 Å². The van der Waals surface area contributed by atoms with Crippen molar-refractivity contribution in [1.29, 1.82) is 0 Å². The summed E-state index contributed by atoms with van der Waals surface area (Å²) < 4.78 is 5.75. The molecule has 0 atom stereocenters. The van der Waals surface area contributed by atoms with Gasteiger partial charge in [-0.15, -0.1) is 0 Å². The molecule has 0 saturated carbocycles. The van der Waals surface area contributed by atoms with Crippen LogP contribution in [0.15, 0.2) is 24.3 Å². The van der Waals surface area contributed by atoms with Gasteiger partial charge in [-0.1, -0.05) is 32.9 Å². The summed E-state index contributed by atoms with van der Waals surface area (Å²) in [5.74, 6) is 1.81. The second-order valence-electron chi connectivity index (χ2n) is 5.94. The zero-order chi connectivity index (χ0) is 12.3. The van der Waals surface area contributed by atoms with Crippen LogP contribution >= 0.6 is 0 Å². The molecule has 2 heteroatoms. The van der Waals surface area contributed by atoms with Gasteiger partial charge in [0.2, 0.25) is 0 Å². The second kappa shape index (κ2) is 5.09. The maximum atomic E-state index is 5.75. The molecule has 94 valence electrons. The molecule has 1 N–H and O–H groups in total. The molecule has 0 amide bonds. The van der Waals surface area contributed by atoms with Crippen LogP contribution in [0.2, 0.25) is 0 Å². The SMILES string of the molecule is CC(C)(C)c1ccc(OCCC2CNC2)cc1. The largest absolute Gasteiger partial charge is 0.494 e. The van der Waals surface area contributed by atoms with E-state index in [0.717, 1.165) is 37.8 Å². The maximum absolute atomic E-state index is 5.75. The third kappa shape index (κ3) is 3.47. The molecule has 1 saturated heterocycles. The average Bonchev–Trinajstić information content (AvgIpc) is 2.21. The lowest BCUT2D eigenvalue weighted by atomic mass is 9.87. The molecular weight excluding hydrogens is 210 g/mol. The van der Waals surface area contributed by atoms with E-state index in [0.29, 0.717) is 0 Å². The van der Waals surface area contributed by atoms with Crippen LogP contribution in [0.3, 0.4) is 0 Å². The van der Waals surface area contributed by atoms with Gasteiger partial charge in [-0.05, 0) is 48.5 Å². The fourth-order valence-corrected chi connectivity index (χ4v) is 1.95. The first-order valence-corrected chi connectivity index (χ1v) is 6.50. The lowest BCUT2D eigenvalue weighted by molar-refractivity contribution is 0.238. The molecule has 0 bridgehead atoms. The van der Waals surface area contributed by atoms with Crippen LogP contribution in [0.4, 0.5) is 0 Å². The van der Waals surface area contributed by atoms with E-state index in [1.807, 2.05) is 0 Å². The minimum absolute atomic E-state index is 0.218. The summed E-state index contributed by atoms with van der Waals surface area (Å²) >= 11 is 0. The van der Waals surface area contributed by atoms with Gasteiger partial charge in [-0.2, -0.15) is 0 Å². The lowest BCUT2D eigenvalue weighted by Crippen LogP contribution is -2.42. The molecule has 0 unspecified atom stereocenters. The predicted molar refractivity (Wildman–Crippen MR) is 71.6 cm³/mol. The molecule has 1 heterocycles. The first kappa shape index (κ1) is 12.4. The van der Waals surface area contributed by atoms with Gasteiger partial charge in [-0.25, -0.2) is 0 Å². The van der Waals surface area contributed by atoms with E-state index in [1.165, 1.54) is 5.56 Å². The summed E-state index contributed by atoms with van der Waals surface area (Å²) in [6.07, 6.45) is 1.16. The third-order valence-electron chi connectivity index (χ3n) is 3.38. The lowest BCUT2D eigenvalue weighted by Gasteiger charge is -2.26. The zero-order valence-electron chi connectivity index (χ0n) is 11.1. The van der Waals surface area contributed by atoms with Crippen molar-refractivity contribution in [2.45, 2.75) is 32.6 Å². The Hall–Kier alpha value is -1.02. The molecule has 0 radical (unpaired) electrons. The van der Waals surface area contributed by atoms with E-state index in [2.05, 4.69) is 50.4 Å². The highest BCUT2D eigenvalue weighted by molar-refractivity contribution is 5.31. The van der Waals surface area contributed by atoms with E-state index in [-0.39, 0.29) is 5.41 Å². The molecule has 1 fully saturated rings. The van der Waals surface area contributed by atoms with Crippen LogP contribution < -0.4 is 10.1 Å². The average molecular weight is 233 g/mol. The quantitative estimate of drug-likeness (QED) is 0.863. The number of hydrogen-bond acceptors (Lipinski definition) is 2. The zero-order valence-corrected chi connectivity index (χ0v) is 11.1. The Morgan fingerprint density at radius 2 is 1.82 bits per heavy atom. The van der Waals surface area contributed by atoms with Crippen LogP contribution in [0.1, 0.15) is 32.8 Å². The fraction of sp³-hybridized carbons (Fsp3) is 0.600. The van der Waals surface area contributed by atoms with Crippen molar-refractivity contribution in [3.05, 3.63) is 29.8 Å². The summed E-state index contributed by atoms with van der Waals surface area (Å²) in [6, 6.07) is 8.50. The number of benzene rings is 1. The van der Waals surface area contributed by atoms with Crippen LogP contribution in [0.5, 0.6) is 5.75 Å². The van der Waals surface area contributed by atoms with Gasteiger partial charge in [0.15, 0.2) is 0 Å². The van der Waals surface area contributed by atoms with Crippen LogP contribution in [0.25, 0.3) is 0 Å². The first-order valence-electron chi connectivity index (χ1n) is 6.50. The summed E-state index contributed by atoms with van der Waals surface area (Å²) in [6.45, 7) is 9.84. The van der Waals surface area contributed by atoms with Crippen molar-refractivity contribution >= 4 is 0 Å². The molecule has 0 aromatic heterocycles. The van der Waals surface area contributed by atoms with E-state index in [9.17, 15) is 0 Å². The van der Waals surface area contributed by atoms with Gasteiger partial charge in [0.05, 0.1) is 6.61 Å². The van der Waals surface area contributed by atoms with E-state index in [1.54, 1.807) is 0 Å². The molecular formula is C15H23NO. The minimum atomic E-state index is 0.218. The predicted octanol–water partition coefficient (Wildman–Crippen LogP) is 2.97. The smallest absolute Gasteiger partial charge is 0.119 e. The van der Waals surface area contributed by atoms with Crippen LogP contribution in [0, 0.1) is 5.92 Å². The third-order valence-corrected chi connectivity index (χ3v) is 3.38. The Kier molecular flexibility index (Phi) is 3.72. The molecule has 1 aliphatic heterocycles. The highest BCUT2D eigenvalue weighted by Gasteiger charge is 2.16. The number of hydrogen-bond donors (Lipinski definition) is 1. The van der Waals surface area contributed by atoms with Crippen LogP contribution in [-0.2, 0) is 5.41 Å². The highest BCUT2D eigenvalue weighted by Crippen LogP contribution is 2.24. The Morgan fingerprint density at radius 3 is 2.29 bits per heavy atom. The number of rotatable bonds is 4. The Bertz CT molecular complexity index is 346. The Labute approximate surface area is 104 Å². The molecule has 2 rings (SSSR count). The van der Waals surface area contributed by atoms with Crippen molar-refractivity contribution in [3.8, 4) is 5.75 Å². The number of ether oxygens (including phenoxy) is 1. The molecule has 2 nitrogen and oxygen atoms in total. The standard InChI is InChI=1S/C15H23NO/c1-15(2,3)13-4-6-14(7-5-13)17-9-8-12-10-16-11-12/h4-7,12,16H,8-11H2,1-3H3. The monoisotopic (exact) mass is 233 g/mol. The van der Waals surface area contributed by atoms with Crippen molar-refractivity contribution < 1.29 is 4.74 Å². The summed E-state index contributed by atoms with van der Waals surface area (Å²) in [7, 11) is 0. The Balaban J connectivity index is 1.81. The Morgan fingerprint density at radius 1 is 1.18 bits per heavy atom. The van der Waals surface area contributed by atoms with Gasteiger partial charge >= 0.3 is 0 Å². The molecule has 0 spiro atoms. The van der Waals surface area contributed by atoms with E-state index >= 15 is 0 Å². The molecule has 1 aromatic rings. The van der Waals surface area contributed by atoms with Crippen molar-refractivity contribution in [3.63, 3.8) is 0 Å². The second-order valence-corrected chi connectivity index (χ2v) is 5.94. The molecule has 1 aromatic carbocycles. The van der Waals surface area contributed by atoms with E-state index in [4.69, 9.17) is 4.74 Å². The number of nitrogens with one attached hydrogen (secondary N) is 1. The topological polar surface area (TPSA) is 21.3 Å². The van der Waals surface area contributed by atoms with Crippen molar-refractivity contribution in [2.24, 2.45) is 5.92 Å². The van der Waals surface area contributed by atoms with Crippen LogP contribution in [-0.4, -0.2) is 19.7 Å². The normalized spacial score (nSPS) is 16.6. The molecule has 0 aliphatic carbocycles. The minimum Gasteiger partial charge on any atom is -0.494 e. The van der Waals surface area contributed by atoms with Crippen molar-refractivity contribution in [1.82, 2.24) is 5.32 Å². The van der Waals surface area contributed by atoms with Gasteiger partial charge in [0.25, 0.3) is 0 Å². The fourth-order valence-electron chi connectivity index (χ4n) is 1.95. The van der Waals surface area contributed by atoms with Gasteiger partial charge in [0, 0.05) is 0 Å².